The van der Waals surface area contributed by atoms with E-state index in [9.17, 15) is 9.18 Å². The van der Waals surface area contributed by atoms with Crippen molar-refractivity contribution in [1.29, 1.82) is 0 Å². The van der Waals surface area contributed by atoms with Crippen LogP contribution < -0.4 is 5.32 Å². The van der Waals surface area contributed by atoms with Crippen LogP contribution in [0.3, 0.4) is 0 Å². The van der Waals surface area contributed by atoms with Crippen LogP contribution in [0, 0.1) is 12.7 Å². The van der Waals surface area contributed by atoms with Gasteiger partial charge in [-0.05, 0) is 55.0 Å². The first kappa shape index (κ1) is 20.0. The molecule has 2 aromatic carbocycles. The highest BCUT2D eigenvalue weighted by atomic mass is 79.9. The van der Waals surface area contributed by atoms with Gasteiger partial charge in [0.1, 0.15) is 5.82 Å². The third kappa shape index (κ3) is 5.88. The van der Waals surface area contributed by atoms with Crippen molar-refractivity contribution in [2.24, 2.45) is 0 Å². The molecule has 2 aromatic rings. The summed E-state index contributed by atoms with van der Waals surface area (Å²) in [5.41, 5.74) is 3.28. The summed E-state index contributed by atoms with van der Waals surface area (Å²) in [6, 6.07) is 13.7. The van der Waals surface area contributed by atoms with Gasteiger partial charge in [0.2, 0.25) is 5.91 Å². The minimum atomic E-state index is -0.262. The summed E-state index contributed by atoms with van der Waals surface area (Å²) in [5.74, 6) is -0.253. The zero-order valence-corrected chi connectivity index (χ0v) is 17.3. The Bertz CT molecular complexity index is 788. The number of piperidine rings is 1. The van der Waals surface area contributed by atoms with Crippen molar-refractivity contribution in [3.8, 4) is 0 Å². The van der Waals surface area contributed by atoms with E-state index in [4.69, 9.17) is 0 Å². The quantitative estimate of drug-likeness (QED) is 0.722. The standard InChI is InChI=1S/C22H26BrFN2O/c1-16-4-2-3-5-18(16)15-26-12-10-20(11-13-26)25-22(27)9-7-17-6-8-19(23)14-21(17)24/h2-6,8,14,20H,7,9-13,15H2,1H3,(H,25,27). The Kier molecular flexibility index (Phi) is 7.02. The van der Waals surface area contributed by atoms with Crippen LogP contribution in [-0.4, -0.2) is 29.9 Å². The SMILES string of the molecule is Cc1ccccc1CN1CCC(NC(=O)CCc2ccc(Br)cc2F)CC1. The smallest absolute Gasteiger partial charge is 0.220 e. The first-order valence-corrected chi connectivity index (χ1v) is 10.3. The second-order valence-corrected chi connectivity index (χ2v) is 8.20. The number of rotatable bonds is 6. The van der Waals surface area contributed by atoms with E-state index in [0.717, 1.165) is 32.5 Å². The molecule has 1 heterocycles. The van der Waals surface area contributed by atoms with Crippen LogP contribution in [0.1, 0.15) is 36.0 Å². The summed E-state index contributed by atoms with van der Waals surface area (Å²) in [5, 5.41) is 3.12. The van der Waals surface area contributed by atoms with Gasteiger partial charge >= 0.3 is 0 Å². The number of nitrogens with zero attached hydrogens (tertiary/aromatic N) is 1. The predicted octanol–water partition coefficient (Wildman–Crippen LogP) is 4.61. The van der Waals surface area contributed by atoms with Crippen molar-refractivity contribution in [1.82, 2.24) is 10.2 Å². The zero-order chi connectivity index (χ0) is 19.2. The molecule has 1 amide bonds. The Hall–Kier alpha value is -1.72. The Morgan fingerprint density at radius 2 is 1.93 bits per heavy atom. The molecule has 1 aliphatic rings. The molecular weight excluding hydrogens is 407 g/mol. The monoisotopic (exact) mass is 432 g/mol. The first-order valence-electron chi connectivity index (χ1n) is 9.51. The lowest BCUT2D eigenvalue weighted by Crippen LogP contribution is -2.44. The summed E-state index contributed by atoms with van der Waals surface area (Å²) in [7, 11) is 0. The van der Waals surface area contributed by atoms with E-state index in [1.807, 2.05) is 0 Å². The maximum absolute atomic E-state index is 13.8. The molecule has 1 N–H and O–H groups in total. The summed E-state index contributed by atoms with van der Waals surface area (Å²) in [6.07, 6.45) is 2.67. The van der Waals surface area contributed by atoms with Gasteiger partial charge in [0.25, 0.3) is 0 Å². The molecule has 27 heavy (non-hydrogen) atoms. The summed E-state index contributed by atoms with van der Waals surface area (Å²) < 4.78 is 14.6. The van der Waals surface area contributed by atoms with Crippen LogP contribution in [0.4, 0.5) is 4.39 Å². The predicted molar refractivity (Wildman–Crippen MR) is 110 cm³/mol. The molecule has 1 fully saturated rings. The van der Waals surface area contributed by atoms with Crippen LogP contribution in [-0.2, 0) is 17.8 Å². The van der Waals surface area contributed by atoms with Crippen molar-refractivity contribution in [2.45, 2.75) is 45.2 Å². The number of carbonyl (C=O) groups is 1. The number of aryl methyl sites for hydroxylation is 2. The molecule has 144 valence electrons. The van der Waals surface area contributed by atoms with Crippen LogP contribution in [0.25, 0.3) is 0 Å². The van der Waals surface area contributed by atoms with Crippen LogP contribution >= 0.6 is 15.9 Å². The molecule has 1 aliphatic heterocycles. The molecule has 0 saturated carbocycles. The first-order chi connectivity index (χ1) is 13.0. The van der Waals surface area contributed by atoms with Crippen molar-refractivity contribution in [2.75, 3.05) is 13.1 Å². The molecule has 0 bridgehead atoms. The number of hydrogen-bond acceptors (Lipinski definition) is 2. The third-order valence-corrected chi connectivity index (χ3v) is 5.74. The van der Waals surface area contributed by atoms with Crippen LogP contribution in [0.15, 0.2) is 46.9 Å². The van der Waals surface area contributed by atoms with Gasteiger partial charge in [-0.1, -0.05) is 46.3 Å². The molecular formula is C22H26BrFN2O. The molecule has 0 unspecified atom stereocenters. The minimum absolute atomic E-state index is 0.00896. The summed E-state index contributed by atoms with van der Waals surface area (Å²) in [6.45, 7) is 5.09. The van der Waals surface area contributed by atoms with Gasteiger partial charge in [0, 0.05) is 36.6 Å². The molecule has 0 radical (unpaired) electrons. The zero-order valence-electron chi connectivity index (χ0n) is 15.7. The molecule has 3 nitrogen and oxygen atoms in total. The number of benzene rings is 2. The van der Waals surface area contributed by atoms with E-state index in [-0.39, 0.29) is 17.8 Å². The highest BCUT2D eigenvalue weighted by Crippen LogP contribution is 2.18. The maximum Gasteiger partial charge on any atom is 0.220 e. The van der Waals surface area contributed by atoms with Gasteiger partial charge < -0.3 is 5.32 Å². The van der Waals surface area contributed by atoms with Crippen LogP contribution in [0.5, 0.6) is 0 Å². The van der Waals surface area contributed by atoms with Crippen molar-refractivity contribution in [3.63, 3.8) is 0 Å². The number of nitrogens with one attached hydrogen (secondary N) is 1. The van der Waals surface area contributed by atoms with Gasteiger partial charge in [-0.25, -0.2) is 4.39 Å². The van der Waals surface area contributed by atoms with Gasteiger partial charge in [-0.15, -0.1) is 0 Å². The van der Waals surface area contributed by atoms with E-state index in [2.05, 4.69) is 57.3 Å². The van der Waals surface area contributed by atoms with Gasteiger partial charge in [-0.3, -0.25) is 9.69 Å². The fraction of sp³-hybridized carbons (Fsp3) is 0.409. The van der Waals surface area contributed by atoms with E-state index in [1.54, 1.807) is 12.1 Å². The van der Waals surface area contributed by atoms with Crippen LogP contribution in [0.2, 0.25) is 0 Å². The number of hydrogen-bond donors (Lipinski definition) is 1. The number of halogens is 2. The second kappa shape index (κ2) is 9.47. The van der Waals surface area contributed by atoms with E-state index in [1.165, 1.54) is 17.2 Å². The fourth-order valence-corrected chi connectivity index (χ4v) is 3.87. The minimum Gasteiger partial charge on any atom is -0.353 e. The Morgan fingerprint density at radius 1 is 1.19 bits per heavy atom. The van der Waals surface area contributed by atoms with Gasteiger partial charge in [0.15, 0.2) is 0 Å². The van der Waals surface area contributed by atoms with E-state index < -0.39 is 0 Å². The average molecular weight is 433 g/mol. The summed E-state index contributed by atoms with van der Waals surface area (Å²) >= 11 is 3.25. The Labute approximate surface area is 169 Å². The molecule has 0 aromatic heterocycles. The Balaban J connectivity index is 1.41. The molecule has 0 atom stereocenters. The fourth-order valence-electron chi connectivity index (χ4n) is 3.54. The van der Waals surface area contributed by atoms with Gasteiger partial charge in [0.05, 0.1) is 0 Å². The van der Waals surface area contributed by atoms with E-state index >= 15 is 0 Å². The number of likely N-dealkylation sites (tertiary alicyclic amines) is 1. The van der Waals surface area contributed by atoms with E-state index in [0.29, 0.717) is 22.9 Å². The largest absolute Gasteiger partial charge is 0.353 e. The average Bonchev–Trinajstić information content (AvgIpc) is 2.64. The van der Waals surface area contributed by atoms with Crippen molar-refractivity contribution < 1.29 is 9.18 Å². The second-order valence-electron chi connectivity index (χ2n) is 7.28. The summed E-state index contributed by atoms with van der Waals surface area (Å²) in [4.78, 5) is 14.7. The lowest BCUT2D eigenvalue weighted by molar-refractivity contribution is -0.122. The highest BCUT2D eigenvalue weighted by Gasteiger charge is 2.21. The molecule has 5 heteroatoms. The van der Waals surface area contributed by atoms with Gasteiger partial charge in [-0.2, -0.15) is 0 Å². The maximum atomic E-state index is 13.8. The lowest BCUT2D eigenvalue weighted by Gasteiger charge is -2.32. The number of amides is 1. The topological polar surface area (TPSA) is 32.3 Å². The lowest BCUT2D eigenvalue weighted by atomic mass is 10.0. The van der Waals surface area contributed by atoms with Crippen molar-refractivity contribution >= 4 is 21.8 Å². The number of carbonyl (C=O) groups excluding carboxylic acids is 1. The molecule has 1 saturated heterocycles. The molecule has 0 spiro atoms. The third-order valence-electron chi connectivity index (χ3n) is 5.24. The molecule has 3 rings (SSSR count). The normalized spacial score (nSPS) is 15.7. The highest BCUT2D eigenvalue weighted by molar-refractivity contribution is 9.10. The Morgan fingerprint density at radius 3 is 2.63 bits per heavy atom. The van der Waals surface area contributed by atoms with Crippen molar-refractivity contribution in [3.05, 3.63) is 69.4 Å². The molecule has 0 aliphatic carbocycles.